The molecular weight excluding hydrogens is 424 g/mol. The Morgan fingerprint density at radius 1 is 1.00 bits per heavy atom. The van der Waals surface area contributed by atoms with Crippen molar-refractivity contribution in [3.05, 3.63) is 107 Å². The highest BCUT2D eigenvalue weighted by atomic mass is 79.9. The van der Waals surface area contributed by atoms with Gasteiger partial charge < -0.3 is 9.88 Å². The normalized spacial score (nSPS) is 15.7. The summed E-state index contributed by atoms with van der Waals surface area (Å²) in [5.74, 6) is 0.0533. The number of amides is 1. The van der Waals surface area contributed by atoms with Gasteiger partial charge in [0.1, 0.15) is 0 Å². The predicted molar refractivity (Wildman–Crippen MR) is 121 cm³/mol. The molecule has 29 heavy (non-hydrogen) atoms. The Morgan fingerprint density at radius 3 is 2.52 bits per heavy atom. The minimum absolute atomic E-state index is 0.0533. The number of carbonyl (C=O) groups is 1. The van der Waals surface area contributed by atoms with Crippen molar-refractivity contribution in [1.82, 2.24) is 9.88 Å². The zero-order valence-electron chi connectivity index (χ0n) is 15.7. The fourth-order valence-corrected chi connectivity index (χ4v) is 4.57. The number of H-pyrrole nitrogens is 1. The second kappa shape index (κ2) is 7.05. The lowest BCUT2D eigenvalue weighted by molar-refractivity contribution is 0.0771. The molecule has 0 aliphatic carbocycles. The Hall–Kier alpha value is -3.11. The third-order valence-corrected chi connectivity index (χ3v) is 6.07. The number of hydrogen-bond donors (Lipinski definition) is 1. The van der Waals surface area contributed by atoms with Crippen LogP contribution < -0.4 is 0 Å². The molecule has 1 amide bonds. The minimum Gasteiger partial charge on any atom is -0.354 e. The van der Waals surface area contributed by atoms with Crippen molar-refractivity contribution in [3.8, 4) is 11.3 Å². The van der Waals surface area contributed by atoms with Gasteiger partial charge in [-0.3, -0.25) is 4.79 Å². The molecule has 1 aliphatic rings. The zero-order valence-corrected chi connectivity index (χ0v) is 17.3. The molecule has 0 bridgehead atoms. The van der Waals surface area contributed by atoms with Crippen molar-refractivity contribution in [1.29, 1.82) is 0 Å². The Bertz CT molecular complexity index is 1240. The van der Waals surface area contributed by atoms with Crippen LogP contribution in [-0.4, -0.2) is 22.3 Å². The third-order valence-electron chi connectivity index (χ3n) is 5.54. The Balaban J connectivity index is 1.81. The highest BCUT2D eigenvalue weighted by Crippen LogP contribution is 2.45. The molecular formula is C25H19BrN2O. The van der Waals surface area contributed by atoms with Crippen LogP contribution in [0, 0.1) is 0 Å². The van der Waals surface area contributed by atoms with Crippen molar-refractivity contribution in [2.45, 2.75) is 6.04 Å². The number of nitrogens with zero attached hydrogens (tertiary/aromatic N) is 1. The van der Waals surface area contributed by atoms with E-state index in [0.29, 0.717) is 6.54 Å². The topological polar surface area (TPSA) is 36.1 Å². The molecule has 2 heterocycles. The van der Waals surface area contributed by atoms with E-state index in [1.165, 1.54) is 0 Å². The molecule has 0 unspecified atom stereocenters. The van der Waals surface area contributed by atoms with E-state index in [1.54, 1.807) is 6.08 Å². The average molecular weight is 443 g/mol. The predicted octanol–water partition coefficient (Wildman–Crippen LogP) is 6.33. The lowest BCUT2D eigenvalue weighted by Gasteiger charge is -2.25. The maximum Gasteiger partial charge on any atom is 0.255 e. The number of hydrogen-bond acceptors (Lipinski definition) is 1. The molecule has 4 heteroatoms. The maximum absolute atomic E-state index is 13.2. The molecule has 1 atom stereocenters. The summed E-state index contributed by atoms with van der Waals surface area (Å²) in [5, 5.41) is 1.13. The molecule has 3 aromatic carbocycles. The number of benzene rings is 3. The first kappa shape index (κ1) is 18.0. The van der Waals surface area contributed by atoms with Gasteiger partial charge in [0.15, 0.2) is 0 Å². The SMILES string of the molecule is C=CCN1C(=O)c2ccccc2[C@@H]1c1c(-c2ccc(Br)cc2)[nH]c2ccccc12. The Labute approximate surface area is 177 Å². The molecule has 4 aromatic rings. The Morgan fingerprint density at radius 2 is 1.72 bits per heavy atom. The highest BCUT2D eigenvalue weighted by Gasteiger charge is 2.39. The summed E-state index contributed by atoms with van der Waals surface area (Å²) < 4.78 is 1.04. The van der Waals surface area contributed by atoms with Crippen LogP contribution in [0.3, 0.4) is 0 Å². The van der Waals surface area contributed by atoms with Crippen LogP contribution in [0.2, 0.25) is 0 Å². The monoisotopic (exact) mass is 442 g/mol. The van der Waals surface area contributed by atoms with Crippen LogP contribution >= 0.6 is 15.9 Å². The van der Waals surface area contributed by atoms with Gasteiger partial charge in [-0.25, -0.2) is 0 Å². The van der Waals surface area contributed by atoms with Crippen molar-refractivity contribution < 1.29 is 4.79 Å². The van der Waals surface area contributed by atoms with Gasteiger partial charge in [-0.2, -0.15) is 0 Å². The number of aromatic amines is 1. The summed E-state index contributed by atoms with van der Waals surface area (Å²) in [5.41, 5.74) is 6.14. The van der Waals surface area contributed by atoms with Gasteiger partial charge in [0.25, 0.3) is 5.91 Å². The van der Waals surface area contributed by atoms with E-state index in [0.717, 1.165) is 43.3 Å². The van der Waals surface area contributed by atoms with Gasteiger partial charge in [-0.05, 0) is 35.4 Å². The molecule has 142 valence electrons. The standard InChI is InChI=1S/C25H19BrN2O/c1-2-15-28-24(18-7-3-4-8-19(18)25(28)29)22-20-9-5-6-10-21(20)27-23(22)16-11-13-17(26)14-12-16/h2-14,24,27H,1,15H2/t24-/m1/s1. The molecule has 5 rings (SSSR count). The van der Waals surface area contributed by atoms with E-state index < -0.39 is 0 Å². The van der Waals surface area contributed by atoms with Gasteiger partial charge in [-0.15, -0.1) is 6.58 Å². The molecule has 0 fully saturated rings. The van der Waals surface area contributed by atoms with E-state index in [-0.39, 0.29) is 11.9 Å². The Kier molecular flexibility index (Phi) is 4.36. The smallest absolute Gasteiger partial charge is 0.255 e. The van der Waals surface area contributed by atoms with Crippen LogP contribution in [0.25, 0.3) is 22.2 Å². The number of nitrogens with one attached hydrogen (secondary N) is 1. The van der Waals surface area contributed by atoms with Gasteiger partial charge >= 0.3 is 0 Å². The summed E-state index contributed by atoms with van der Waals surface area (Å²) in [6.45, 7) is 4.38. The highest BCUT2D eigenvalue weighted by molar-refractivity contribution is 9.10. The summed E-state index contributed by atoms with van der Waals surface area (Å²) in [6.07, 6.45) is 1.80. The molecule has 0 spiro atoms. The second-order valence-corrected chi connectivity index (χ2v) is 8.12. The van der Waals surface area contributed by atoms with E-state index in [9.17, 15) is 4.79 Å². The lowest BCUT2D eigenvalue weighted by Crippen LogP contribution is -2.29. The van der Waals surface area contributed by atoms with Crippen LogP contribution in [-0.2, 0) is 0 Å². The van der Waals surface area contributed by atoms with Crippen molar-refractivity contribution in [2.75, 3.05) is 6.54 Å². The number of halogens is 1. The van der Waals surface area contributed by atoms with Crippen LogP contribution in [0.5, 0.6) is 0 Å². The third kappa shape index (κ3) is 2.83. The van der Waals surface area contributed by atoms with Gasteiger partial charge in [0.2, 0.25) is 0 Å². The lowest BCUT2D eigenvalue weighted by atomic mass is 9.93. The van der Waals surface area contributed by atoms with Gasteiger partial charge in [0.05, 0.1) is 11.7 Å². The molecule has 3 nitrogen and oxygen atoms in total. The summed E-state index contributed by atoms with van der Waals surface area (Å²) in [7, 11) is 0. The molecule has 1 N–H and O–H groups in total. The summed E-state index contributed by atoms with van der Waals surface area (Å²) >= 11 is 3.52. The molecule has 1 aromatic heterocycles. The van der Waals surface area contributed by atoms with Crippen LogP contribution in [0.4, 0.5) is 0 Å². The molecule has 1 aliphatic heterocycles. The van der Waals surface area contributed by atoms with Crippen molar-refractivity contribution in [3.63, 3.8) is 0 Å². The molecule has 0 saturated carbocycles. The van der Waals surface area contributed by atoms with Crippen LogP contribution in [0.15, 0.2) is 89.9 Å². The first-order chi connectivity index (χ1) is 14.2. The average Bonchev–Trinajstić information content (AvgIpc) is 3.25. The van der Waals surface area contributed by atoms with E-state index in [2.05, 4.69) is 57.8 Å². The zero-order chi connectivity index (χ0) is 20.0. The van der Waals surface area contributed by atoms with Crippen molar-refractivity contribution >= 4 is 32.7 Å². The quantitative estimate of drug-likeness (QED) is 0.368. The van der Waals surface area contributed by atoms with E-state index in [4.69, 9.17) is 0 Å². The number of para-hydroxylation sites is 1. The number of fused-ring (bicyclic) bond motifs is 2. The summed E-state index contributed by atoms with van der Waals surface area (Å²) in [6, 6.07) is 24.3. The fraction of sp³-hybridized carbons (Fsp3) is 0.0800. The van der Waals surface area contributed by atoms with Gasteiger partial charge in [-0.1, -0.05) is 70.5 Å². The molecule has 0 radical (unpaired) electrons. The van der Waals surface area contributed by atoms with Crippen LogP contribution in [0.1, 0.15) is 27.5 Å². The van der Waals surface area contributed by atoms with Gasteiger partial charge in [0, 0.05) is 33.0 Å². The van der Waals surface area contributed by atoms with E-state index in [1.807, 2.05) is 47.4 Å². The first-order valence-electron chi connectivity index (χ1n) is 9.56. The molecule has 0 saturated heterocycles. The summed E-state index contributed by atoms with van der Waals surface area (Å²) in [4.78, 5) is 18.7. The number of aromatic nitrogens is 1. The fourth-order valence-electron chi connectivity index (χ4n) is 4.30. The van der Waals surface area contributed by atoms with E-state index >= 15 is 0 Å². The maximum atomic E-state index is 13.2. The number of rotatable bonds is 4. The number of carbonyl (C=O) groups excluding carboxylic acids is 1. The van der Waals surface area contributed by atoms with Crippen molar-refractivity contribution in [2.24, 2.45) is 0 Å². The minimum atomic E-state index is -0.161. The largest absolute Gasteiger partial charge is 0.354 e. The first-order valence-corrected chi connectivity index (χ1v) is 10.4. The second-order valence-electron chi connectivity index (χ2n) is 7.20.